The van der Waals surface area contributed by atoms with Gasteiger partial charge in [0.25, 0.3) is 0 Å². The summed E-state index contributed by atoms with van der Waals surface area (Å²) in [5.41, 5.74) is 8.34. The predicted octanol–water partition coefficient (Wildman–Crippen LogP) is 11.2. The second-order valence-corrected chi connectivity index (χ2v) is 27.6. The van der Waals surface area contributed by atoms with Crippen molar-refractivity contribution in [2.45, 2.75) is 116 Å². The summed E-state index contributed by atoms with van der Waals surface area (Å²) in [4.78, 5) is 2.53. The van der Waals surface area contributed by atoms with Crippen LogP contribution in [-0.2, 0) is 19.3 Å². The number of likely N-dealkylation sites (tertiary alicyclic amines) is 1. The van der Waals surface area contributed by atoms with E-state index in [4.69, 9.17) is 13.6 Å². The molecule has 1 unspecified atom stereocenters. The second-order valence-electron chi connectivity index (χ2n) is 18.2. The van der Waals surface area contributed by atoms with E-state index in [1.54, 1.807) is 0 Å². The van der Waals surface area contributed by atoms with Gasteiger partial charge in [0.05, 0.1) is 0 Å². The van der Waals surface area contributed by atoms with Crippen LogP contribution in [0, 0.1) is 5.41 Å². The van der Waals surface area contributed by atoms with Crippen molar-refractivity contribution in [1.82, 2.24) is 4.90 Å². The van der Waals surface area contributed by atoms with E-state index in [9.17, 15) is 0 Å². The highest BCUT2D eigenvalue weighted by molar-refractivity contribution is 6.75. The van der Waals surface area contributed by atoms with Crippen molar-refractivity contribution >= 4 is 28.3 Å². The summed E-state index contributed by atoms with van der Waals surface area (Å²) >= 11 is 0. The van der Waals surface area contributed by atoms with Crippen LogP contribution >= 0.6 is 0 Å². The molecule has 1 heterocycles. The van der Waals surface area contributed by atoms with Gasteiger partial charge in [-0.15, -0.1) is 0 Å². The fraction of sp³-hybridized carbons (Fsp3) is 0.535. The van der Waals surface area contributed by atoms with Gasteiger partial charge >= 0.3 is 0 Å². The van der Waals surface area contributed by atoms with Gasteiger partial charge in [0.15, 0.2) is 0 Å². The maximum Gasteiger partial charge on any atom is 0.250 e. The SMILES string of the molecule is CC(C)(C)[Si](C)(C)Oc1ccc2c(c1)CC1(C2)Cc2ccc(O[Si](C)(C)C(C)(C)C)cc2/C1=C/c1ccc(OCCN2CCCCC2)cc1. The zero-order chi connectivity index (χ0) is 35.2. The lowest BCUT2D eigenvalue weighted by Crippen LogP contribution is -2.43. The Hall–Kier alpha value is -2.81. The van der Waals surface area contributed by atoms with E-state index in [0.717, 1.165) is 49.7 Å². The number of rotatable bonds is 9. The van der Waals surface area contributed by atoms with E-state index >= 15 is 0 Å². The molecule has 1 atom stereocenters. The molecule has 0 N–H and O–H groups in total. The quantitative estimate of drug-likeness (QED) is 0.209. The summed E-state index contributed by atoms with van der Waals surface area (Å²) in [6, 6.07) is 22.6. The highest BCUT2D eigenvalue weighted by atomic mass is 28.4. The van der Waals surface area contributed by atoms with Crippen LogP contribution in [0.1, 0.15) is 88.6 Å². The van der Waals surface area contributed by atoms with E-state index in [-0.39, 0.29) is 15.5 Å². The monoisotopic (exact) mass is 695 g/mol. The third-order valence-corrected chi connectivity index (χ3v) is 21.1. The Morgan fingerprint density at radius 2 is 1.18 bits per heavy atom. The molecular formula is C43H61NO3Si2. The molecule has 0 bridgehead atoms. The Balaban J connectivity index is 1.29. The lowest BCUT2D eigenvalue weighted by Gasteiger charge is -2.36. The van der Waals surface area contributed by atoms with Gasteiger partial charge < -0.3 is 13.6 Å². The Kier molecular flexibility index (Phi) is 9.84. The molecule has 0 amide bonds. The van der Waals surface area contributed by atoms with Crippen molar-refractivity contribution in [3.63, 3.8) is 0 Å². The van der Waals surface area contributed by atoms with Crippen LogP contribution in [0.3, 0.4) is 0 Å². The first-order valence-electron chi connectivity index (χ1n) is 18.8. The molecule has 3 aromatic carbocycles. The van der Waals surface area contributed by atoms with Gasteiger partial charge in [-0.25, -0.2) is 0 Å². The van der Waals surface area contributed by atoms with Gasteiger partial charge in [0.2, 0.25) is 16.6 Å². The summed E-state index contributed by atoms with van der Waals surface area (Å²) in [6.07, 6.45) is 9.55. The average Bonchev–Trinajstić information content (AvgIpc) is 3.52. The van der Waals surface area contributed by atoms with Gasteiger partial charge in [0.1, 0.15) is 23.9 Å². The summed E-state index contributed by atoms with van der Waals surface area (Å²) in [5, 5.41) is 0.301. The fourth-order valence-corrected chi connectivity index (χ4v) is 9.35. The standard InChI is InChI=1S/C43H61NO3Si2/c1-41(2,3)48(7,8)46-37-20-16-33-29-43(31-35(33)27-37)30-34-17-21-38(47-49(9,10)42(4,5)6)28-39(34)40(43)26-32-14-18-36(19-15-32)45-25-24-44-22-12-11-13-23-44/h14-21,26-28H,11-13,22-25,29-31H2,1-10H3/b40-26-. The highest BCUT2D eigenvalue weighted by Crippen LogP contribution is 2.56. The zero-order valence-electron chi connectivity index (χ0n) is 32.1. The molecule has 3 aliphatic rings. The molecule has 6 heteroatoms. The Morgan fingerprint density at radius 1 is 0.653 bits per heavy atom. The molecule has 49 heavy (non-hydrogen) atoms. The number of piperidine rings is 1. The predicted molar refractivity (Wildman–Crippen MR) is 212 cm³/mol. The first-order valence-corrected chi connectivity index (χ1v) is 24.6. The molecule has 0 radical (unpaired) electrons. The molecule has 0 saturated carbocycles. The van der Waals surface area contributed by atoms with Crippen molar-refractivity contribution in [2.75, 3.05) is 26.2 Å². The molecule has 3 aromatic rings. The second kappa shape index (κ2) is 13.4. The number of benzene rings is 3. The summed E-state index contributed by atoms with van der Waals surface area (Å²) in [5.74, 6) is 2.99. The first-order chi connectivity index (χ1) is 22.9. The molecule has 1 aliphatic heterocycles. The van der Waals surface area contributed by atoms with E-state index in [1.807, 2.05) is 0 Å². The van der Waals surface area contributed by atoms with Crippen LogP contribution < -0.4 is 13.6 Å². The number of nitrogens with zero attached hydrogens (tertiary/aromatic N) is 1. The Bertz CT molecular complexity index is 1670. The minimum Gasteiger partial charge on any atom is -0.543 e. The van der Waals surface area contributed by atoms with Crippen molar-refractivity contribution in [3.8, 4) is 17.2 Å². The normalized spacial score (nSPS) is 20.8. The molecule has 264 valence electrons. The highest BCUT2D eigenvalue weighted by Gasteiger charge is 2.47. The molecule has 0 aromatic heterocycles. The van der Waals surface area contributed by atoms with Crippen molar-refractivity contribution in [3.05, 3.63) is 88.5 Å². The van der Waals surface area contributed by atoms with Crippen molar-refractivity contribution in [1.29, 1.82) is 0 Å². The number of hydrogen-bond donors (Lipinski definition) is 0. The number of ether oxygens (including phenoxy) is 1. The van der Waals surface area contributed by atoms with Crippen LogP contribution in [0.2, 0.25) is 36.3 Å². The maximum atomic E-state index is 6.87. The molecule has 6 rings (SSSR count). The third-order valence-electron chi connectivity index (χ3n) is 12.4. The summed E-state index contributed by atoms with van der Waals surface area (Å²) < 4.78 is 19.9. The van der Waals surface area contributed by atoms with Gasteiger partial charge in [0, 0.05) is 12.0 Å². The first kappa shape index (κ1) is 36.0. The molecule has 2 aliphatic carbocycles. The minimum atomic E-state index is -1.98. The van der Waals surface area contributed by atoms with Crippen LogP contribution in [0.25, 0.3) is 11.6 Å². The van der Waals surface area contributed by atoms with Gasteiger partial charge in [-0.3, -0.25) is 4.90 Å². The van der Waals surface area contributed by atoms with E-state index in [0.29, 0.717) is 0 Å². The maximum absolute atomic E-state index is 6.87. The molecule has 1 saturated heterocycles. The summed E-state index contributed by atoms with van der Waals surface area (Å²) in [7, 11) is -3.91. The van der Waals surface area contributed by atoms with Crippen LogP contribution in [0.5, 0.6) is 17.2 Å². The van der Waals surface area contributed by atoms with E-state index < -0.39 is 16.6 Å². The summed E-state index contributed by atoms with van der Waals surface area (Å²) in [6.45, 7) is 27.4. The van der Waals surface area contributed by atoms with Crippen LogP contribution in [-0.4, -0.2) is 47.8 Å². The molecular weight excluding hydrogens is 635 g/mol. The third kappa shape index (κ3) is 7.77. The van der Waals surface area contributed by atoms with Gasteiger partial charge in [-0.05, 0) is 151 Å². The van der Waals surface area contributed by atoms with Crippen LogP contribution in [0.4, 0.5) is 0 Å². The fourth-order valence-electron chi connectivity index (χ4n) is 7.31. The number of allylic oxidation sites excluding steroid dienone is 1. The Morgan fingerprint density at radius 3 is 1.80 bits per heavy atom. The Labute approximate surface area is 299 Å². The largest absolute Gasteiger partial charge is 0.543 e. The molecule has 1 fully saturated rings. The minimum absolute atomic E-state index is 0.0134. The van der Waals surface area contributed by atoms with E-state index in [2.05, 4.69) is 139 Å². The van der Waals surface area contributed by atoms with Crippen molar-refractivity contribution in [2.24, 2.45) is 5.41 Å². The smallest absolute Gasteiger partial charge is 0.250 e. The lowest BCUT2D eigenvalue weighted by atomic mass is 9.77. The molecule has 4 nitrogen and oxygen atoms in total. The number of hydrogen-bond acceptors (Lipinski definition) is 4. The van der Waals surface area contributed by atoms with Crippen LogP contribution in [0.15, 0.2) is 60.7 Å². The lowest BCUT2D eigenvalue weighted by molar-refractivity contribution is 0.183. The topological polar surface area (TPSA) is 30.9 Å². The zero-order valence-corrected chi connectivity index (χ0v) is 34.1. The van der Waals surface area contributed by atoms with Gasteiger partial charge in [-0.1, -0.05) is 78.3 Å². The van der Waals surface area contributed by atoms with Gasteiger partial charge in [-0.2, -0.15) is 0 Å². The molecule has 1 spiro atoms. The average molecular weight is 696 g/mol. The number of fused-ring (bicyclic) bond motifs is 2. The van der Waals surface area contributed by atoms with Crippen molar-refractivity contribution < 1.29 is 13.6 Å². The van der Waals surface area contributed by atoms with E-state index in [1.165, 1.54) is 65.7 Å².